The van der Waals surface area contributed by atoms with Gasteiger partial charge in [-0.1, -0.05) is 36.2 Å². The zero-order valence-electron chi connectivity index (χ0n) is 8.50. The second-order valence-corrected chi connectivity index (χ2v) is 5.92. The third-order valence-electron chi connectivity index (χ3n) is 2.43. The lowest BCUT2D eigenvalue weighted by Gasteiger charge is -2.17. The topological polar surface area (TPSA) is 12.9 Å². The normalized spacial score (nSPS) is 15.1. The van der Waals surface area contributed by atoms with Crippen molar-refractivity contribution in [1.29, 1.82) is 0 Å². The molecule has 1 aromatic rings. The Balaban J connectivity index is 2.67. The molecule has 0 aliphatic rings. The molecule has 1 heterocycles. The first kappa shape index (κ1) is 12.2. The smallest absolute Gasteiger partial charge is 0.0410 e. The van der Waals surface area contributed by atoms with Gasteiger partial charge in [0.1, 0.15) is 0 Å². The van der Waals surface area contributed by atoms with Crippen LogP contribution in [0.15, 0.2) is 22.9 Å². The Labute approximate surface area is 103 Å². The standard InChI is InChI=1S/C11H15Br2N/c1-3-10(8(2)12)4-9-5-11(13)7-14-6-9/h5-8,10H,3-4H2,1-2H3. The Morgan fingerprint density at radius 3 is 2.64 bits per heavy atom. The van der Waals surface area contributed by atoms with Gasteiger partial charge < -0.3 is 0 Å². The minimum atomic E-state index is 0.562. The van der Waals surface area contributed by atoms with Gasteiger partial charge in [-0.2, -0.15) is 0 Å². The minimum absolute atomic E-state index is 0.562. The first-order valence-corrected chi connectivity index (χ1v) is 6.57. The van der Waals surface area contributed by atoms with E-state index in [2.05, 4.69) is 56.8 Å². The summed E-state index contributed by atoms with van der Waals surface area (Å²) in [4.78, 5) is 4.73. The van der Waals surface area contributed by atoms with Crippen LogP contribution in [0.4, 0.5) is 0 Å². The number of hydrogen-bond donors (Lipinski definition) is 0. The summed E-state index contributed by atoms with van der Waals surface area (Å²) in [6.45, 7) is 4.44. The van der Waals surface area contributed by atoms with Gasteiger partial charge in [0.25, 0.3) is 0 Å². The quantitative estimate of drug-likeness (QED) is 0.758. The molecule has 78 valence electrons. The summed E-state index contributed by atoms with van der Waals surface area (Å²) in [5.74, 6) is 0.686. The van der Waals surface area contributed by atoms with E-state index in [1.807, 2.05) is 12.4 Å². The van der Waals surface area contributed by atoms with Gasteiger partial charge in [0.2, 0.25) is 0 Å². The molecule has 0 spiro atoms. The fourth-order valence-electron chi connectivity index (χ4n) is 1.50. The molecule has 1 nitrogen and oxygen atoms in total. The van der Waals surface area contributed by atoms with E-state index in [4.69, 9.17) is 0 Å². The van der Waals surface area contributed by atoms with Gasteiger partial charge in [0.15, 0.2) is 0 Å². The number of hydrogen-bond acceptors (Lipinski definition) is 1. The highest BCUT2D eigenvalue weighted by molar-refractivity contribution is 9.10. The van der Waals surface area contributed by atoms with Gasteiger partial charge in [-0.3, -0.25) is 4.98 Å². The van der Waals surface area contributed by atoms with Gasteiger partial charge in [-0.05, 0) is 39.9 Å². The molecular weight excluding hydrogens is 306 g/mol. The van der Waals surface area contributed by atoms with E-state index in [9.17, 15) is 0 Å². The van der Waals surface area contributed by atoms with E-state index in [1.165, 1.54) is 12.0 Å². The van der Waals surface area contributed by atoms with Crippen molar-refractivity contribution in [3.05, 3.63) is 28.5 Å². The molecule has 0 amide bonds. The second-order valence-electron chi connectivity index (χ2n) is 3.56. The van der Waals surface area contributed by atoms with Crippen molar-refractivity contribution in [2.45, 2.75) is 31.5 Å². The average molecular weight is 321 g/mol. The third kappa shape index (κ3) is 3.70. The zero-order chi connectivity index (χ0) is 10.6. The number of halogens is 2. The van der Waals surface area contributed by atoms with Crippen LogP contribution < -0.4 is 0 Å². The van der Waals surface area contributed by atoms with E-state index in [1.54, 1.807) is 0 Å². The predicted octanol–water partition coefficient (Wildman–Crippen LogP) is 4.20. The van der Waals surface area contributed by atoms with Crippen LogP contribution in [-0.2, 0) is 6.42 Å². The molecule has 0 saturated heterocycles. The molecule has 2 atom stereocenters. The van der Waals surface area contributed by atoms with E-state index in [0.29, 0.717) is 10.7 Å². The van der Waals surface area contributed by atoms with Crippen molar-refractivity contribution in [2.24, 2.45) is 5.92 Å². The lowest BCUT2D eigenvalue weighted by molar-refractivity contribution is 0.507. The Morgan fingerprint density at radius 1 is 1.43 bits per heavy atom. The minimum Gasteiger partial charge on any atom is -0.263 e. The molecule has 0 N–H and O–H groups in total. The maximum Gasteiger partial charge on any atom is 0.0410 e. The van der Waals surface area contributed by atoms with Crippen molar-refractivity contribution < 1.29 is 0 Å². The fourth-order valence-corrected chi connectivity index (χ4v) is 2.47. The Hall–Kier alpha value is 0.110. The third-order valence-corrected chi connectivity index (χ3v) is 3.61. The molecule has 0 aromatic carbocycles. The number of aromatic nitrogens is 1. The fraction of sp³-hybridized carbons (Fsp3) is 0.545. The second kappa shape index (κ2) is 5.86. The molecule has 1 rings (SSSR count). The van der Waals surface area contributed by atoms with Crippen LogP contribution in [-0.4, -0.2) is 9.81 Å². The number of nitrogens with zero attached hydrogens (tertiary/aromatic N) is 1. The Morgan fingerprint density at radius 2 is 2.14 bits per heavy atom. The predicted molar refractivity (Wildman–Crippen MR) is 67.8 cm³/mol. The van der Waals surface area contributed by atoms with Crippen molar-refractivity contribution >= 4 is 31.9 Å². The molecule has 1 aromatic heterocycles. The van der Waals surface area contributed by atoms with Gasteiger partial charge in [0.05, 0.1) is 0 Å². The van der Waals surface area contributed by atoms with Crippen molar-refractivity contribution in [2.75, 3.05) is 0 Å². The molecule has 2 unspecified atom stereocenters. The highest BCUT2D eigenvalue weighted by Crippen LogP contribution is 2.22. The van der Waals surface area contributed by atoms with Crippen molar-refractivity contribution in [1.82, 2.24) is 4.98 Å². The molecule has 0 aliphatic heterocycles. The Bertz CT molecular complexity index is 286. The number of rotatable bonds is 4. The van der Waals surface area contributed by atoms with Gasteiger partial charge in [-0.25, -0.2) is 0 Å². The maximum absolute atomic E-state index is 4.17. The van der Waals surface area contributed by atoms with Crippen LogP contribution in [0.25, 0.3) is 0 Å². The van der Waals surface area contributed by atoms with E-state index in [0.717, 1.165) is 10.9 Å². The van der Waals surface area contributed by atoms with E-state index in [-0.39, 0.29) is 0 Å². The average Bonchev–Trinajstić information content (AvgIpc) is 2.14. The molecule has 0 saturated carbocycles. The molecule has 3 heteroatoms. The van der Waals surface area contributed by atoms with Crippen molar-refractivity contribution in [3.63, 3.8) is 0 Å². The molecule has 0 bridgehead atoms. The number of alkyl halides is 1. The molecular formula is C11H15Br2N. The monoisotopic (exact) mass is 319 g/mol. The van der Waals surface area contributed by atoms with Gasteiger partial charge in [-0.15, -0.1) is 0 Å². The van der Waals surface area contributed by atoms with Gasteiger partial charge >= 0.3 is 0 Å². The first-order valence-electron chi connectivity index (χ1n) is 4.87. The van der Waals surface area contributed by atoms with Crippen LogP contribution in [0.2, 0.25) is 0 Å². The van der Waals surface area contributed by atoms with Gasteiger partial charge in [0, 0.05) is 21.7 Å². The van der Waals surface area contributed by atoms with Crippen LogP contribution in [0.1, 0.15) is 25.8 Å². The molecule has 0 fully saturated rings. The SMILES string of the molecule is CCC(Cc1cncc(Br)c1)C(C)Br. The zero-order valence-corrected chi connectivity index (χ0v) is 11.7. The lowest BCUT2D eigenvalue weighted by Crippen LogP contribution is -2.13. The number of pyridine rings is 1. The first-order chi connectivity index (χ1) is 6.63. The molecule has 0 aliphatic carbocycles. The Kier molecular flexibility index (Phi) is 5.10. The summed E-state index contributed by atoms with van der Waals surface area (Å²) in [6.07, 6.45) is 6.05. The highest BCUT2D eigenvalue weighted by Gasteiger charge is 2.13. The summed E-state index contributed by atoms with van der Waals surface area (Å²) in [7, 11) is 0. The summed E-state index contributed by atoms with van der Waals surface area (Å²) in [5.41, 5.74) is 1.30. The molecule has 0 radical (unpaired) electrons. The van der Waals surface area contributed by atoms with Crippen LogP contribution in [0.3, 0.4) is 0 Å². The largest absolute Gasteiger partial charge is 0.263 e. The summed E-state index contributed by atoms with van der Waals surface area (Å²) in [6, 6.07) is 2.14. The molecule has 14 heavy (non-hydrogen) atoms. The van der Waals surface area contributed by atoms with E-state index < -0.39 is 0 Å². The van der Waals surface area contributed by atoms with E-state index >= 15 is 0 Å². The lowest BCUT2D eigenvalue weighted by atomic mass is 9.95. The summed E-state index contributed by atoms with van der Waals surface area (Å²) >= 11 is 7.08. The highest BCUT2D eigenvalue weighted by atomic mass is 79.9. The summed E-state index contributed by atoms with van der Waals surface area (Å²) < 4.78 is 1.06. The van der Waals surface area contributed by atoms with Crippen LogP contribution in [0.5, 0.6) is 0 Å². The van der Waals surface area contributed by atoms with Crippen LogP contribution >= 0.6 is 31.9 Å². The van der Waals surface area contributed by atoms with Crippen molar-refractivity contribution in [3.8, 4) is 0 Å². The maximum atomic E-state index is 4.17. The van der Waals surface area contributed by atoms with Crippen LogP contribution in [0, 0.1) is 5.92 Å². The summed E-state index contributed by atoms with van der Waals surface area (Å²) in [5, 5.41) is 0.